The number of aromatic nitrogens is 2. The Labute approximate surface area is 134 Å². The third-order valence-corrected chi connectivity index (χ3v) is 3.70. The van der Waals surface area contributed by atoms with Crippen LogP contribution in [0.4, 0.5) is 4.79 Å². The number of ether oxygens (including phenoxy) is 2. The number of aryl methyl sites for hydroxylation is 1. The van der Waals surface area contributed by atoms with Crippen molar-refractivity contribution in [3.8, 4) is 11.5 Å². The van der Waals surface area contributed by atoms with E-state index in [2.05, 4.69) is 15.6 Å². The molecule has 0 spiro atoms. The van der Waals surface area contributed by atoms with E-state index in [4.69, 9.17) is 9.47 Å². The van der Waals surface area contributed by atoms with E-state index in [-0.39, 0.29) is 12.1 Å². The summed E-state index contributed by atoms with van der Waals surface area (Å²) in [5.41, 5.74) is 1.85. The van der Waals surface area contributed by atoms with Gasteiger partial charge >= 0.3 is 6.03 Å². The fourth-order valence-corrected chi connectivity index (χ4v) is 2.61. The topological polar surface area (TPSA) is 77.4 Å². The molecule has 122 valence electrons. The molecule has 1 atom stereocenters. The van der Waals surface area contributed by atoms with Crippen molar-refractivity contribution in [2.24, 2.45) is 7.05 Å². The number of methoxy groups -OCH3 is 1. The molecule has 2 amide bonds. The van der Waals surface area contributed by atoms with Gasteiger partial charge in [0.2, 0.25) is 0 Å². The fourth-order valence-electron chi connectivity index (χ4n) is 2.61. The van der Waals surface area contributed by atoms with Crippen molar-refractivity contribution < 1.29 is 14.3 Å². The van der Waals surface area contributed by atoms with Gasteiger partial charge in [-0.1, -0.05) is 12.1 Å². The van der Waals surface area contributed by atoms with Gasteiger partial charge in [0.05, 0.1) is 31.7 Å². The first kappa shape index (κ1) is 15.2. The number of benzene rings is 1. The van der Waals surface area contributed by atoms with E-state index in [1.165, 1.54) is 0 Å². The van der Waals surface area contributed by atoms with Gasteiger partial charge < -0.3 is 24.7 Å². The van der Waals surface area contributed by atoms with Crippen molar-refractivity contribution >= 4 is 6.03 Å². The molecule has 7 nitrogen and oxygen atoms in total. The smallest absolute Gasteiger partial charge is 0.315 e. The first-order chi connectivity index (χ1) is 11.2. The largest absolute Gasteiger partial charge is 0.493 e. The van der Waals surface area contributed by atoms with Crippen molar-refractivity contribution in [1.29, 1.82) is 0 Å². The number of carbonyl (C=O) groups is 1. The minimum absolute atomic E-state index is 0.0710. The molecule has 0 saturated heterocycles. The fraction of sp³-hybridized carbons (Fsp3) is 0.375. The second-order valence-corrected chi connectivity index (χ2v) is 5.52. The van der Waals surface area contributed by atoms with Crippen LogP contribution in [0, 0.1) is 0 Å². The Morgan fingerprint density at radius 1 is 1.52 bits per heavy atom. The number of hydrogen-bond acceptors (Lipinski definition) is 4. The third-order valence-electron chi connectivity index (χ3n) is 3.70. The highest BCUT2D eigenvalue weighted by Gasteiger charge is 2.23. The summed E-state index contributed by atoms with van der Waals surface area (Å²) in [6.07, 6.45) is 4.28. The van der Waals surface area contributed by atoms with E-state index >= 15 is 0 Å². The molecule has 3 rings (SSSR count). The Balaban J connectivity index is 1.54. The van der Waals surface area contributed by atoms with Gasteiger partial charge in [0.25, 0.3) is 0 Å². The summed E-state index contributed by atoms with van der Waals surface area (Å²) in [6, 6.07) is 5.47. The van der Waals surface area contributed by atoms with E-state index in [9.17, 15) is 4.79 Å². The van der Waals surface area contributed by atoms with E-state index in [0.29, 0.717) is 19.6 Å². The van der Waals surface area contributed by atoms with Gasteiger partial charge in [0, 0.05) is 18.8 Å². The van der Waals surface area contributed by atoms with Crippen LogP contribution in [0.25, 0.3) is 0 Å². The summed E-state index contributed by atoms with van der Waals surface area (Å²) < 4.78 is 12.9. The SMILES string of the molecule is COc1cccc2c1OCC(NC(=O)NCc1cn(C)cn1)C2. The summed E-state index contributed by atoms with van der Waals surface area (Å²) in [7, 11) is 3.51. The molecule has 0 bridgehead atoms. The van der Waals surface area contributed by atoms with Gasteiger partial charge in [-0.25, -0.2) is 9.78 Å². The van der Waals surface area contributed by atoms with Crippen LogP contribution in [-0.4, -0.2) is 35.3 Å². The molecule has 1 aliphatic rings. The van der Waals surface area contributed by atoms with Gasteiger partial charge in [-0.3, -0.25) is 0 Å². The Hall–Kier alpha value is -2.70. The van der Waals surface area contributed by atoms with Crippen LogP contribution in [0.5, 0.6) is 11.5 Å². The number of amides is 2. The predicted octanol–water partition coefficient (Wildman–Crippen LogP) is 1.23. The molecule has 1 unspecified atom stereocenters. The number of rotatable bonds is 4. The third kappa shape index (κ3) is 3.56. The summed E-state index contributed by atoms with van der Waals surface area (Å²) in [4.78, 5) is 16.2. The lowest BCUT2D eigenvalue weighted by molar-refractivity contribution is 0.210. The molecule has 1 aliphatic heterocycles. The summed E-state index contributed by atoms with van der Waals surface area (Å²) in [5.74, 6) is 1.49. The average Bonchev–Trinajstić information content (AvgIpc) is 2.97. The van der Waals surface area contributed by atoms with Crippen LogP contribution < -0.4 is 20.1 Å². The zero-order valence-electron chi connectivity index (χ0n) is 13.2. The molecule has 7 heteroatoms. The molecular weight excluding hydrogens is 296 g/mol. The first-order valence-electron chi connectivity index (χ1n) is 7.45. The van der Waals surface area contributed by atoms with Crippen LogP contribution >= 0.6 is 0 Å². The molecule has 23 heavy (non-hydrogen) atoms. The molecule has 0 radical (unpaired) electrons. The molecule has 0 fully saturated rings. The van der Waals surface area contributed by atoms with Crippen LogP contribution in [0.2, 0.25) is 0 Å². The Morgan fingerprint density at radius 2 is 2.39 bits per heavy atom. The maximum atomic E-state index is 12.0. The Bertz CT molecular complexity index is 698. The summed E-state index contributed by atoms with van der Waals surface area (Å²) >= 11 is 0. The van der Waals surface area contributed by atoms with Crippen LogP contribution in [0.15, 0.2) is 30.7 Å². The quantitative estimate of drug-likeness (QED) is 0.889. The van der Waals surface area contributed by atoms with E-state index in [0.717, 1.165) is 22.8 Å². The van der Waals surface area contributed by atoms with Crippen molar-refractivity contribution in [2.75, 3.05) is 13.7 Å². The number of nitrogens with zero attached hydrogens (tertiary/aromatic N) is 2. The van der Waals surface area contributed by atoms with Crippen LogP contribution in [0.3, 0.4) is 0 Å². The minimum atomic E-state index is -0.226. The van der Waals surface area contributed by atoms with Crippen molar-refractivity contribution in [2.45, 2.75) is 19.0 Å². The molecular formula is C16H20N4O3. The average molecular weight is 316 g/mol. The highest BCUT2D eigenvalue weighted by atomic mass is 16.5. The molecule has 0 aliphatic carbocycles. The first-order valence-corrected chi connectivity index (χ1v) is 7.45. The maximum absolute atomic E-state index is 12.0. The number of hydrogen-bond donors (Lipinski definition) is 2. The zero-order valence-corrected chi connectivity index (χ0v) is 13.2. The zero-order chi connectivity index (χ0) is 16.2. The van der Waals surface area contributed by atoms with Crippen LogP contribution in [0.1, 0.15) is 11.3 Å². The lowest BCUT2D eigenvalue weighted by Gasteiger charge is -2.27. The number of nitrogens with one attached hydrogen (secondary N) is 2. The summed E-state index contributed by atoms with van der Waals surface area (Å²) in [5, 5.41) is 5.72. The van der Waals surface area contributed by atoms with E-state index < -0.39 is 0 Å². The standard InChI is InChI=1S/C16H20N4O3/c1-20-8-13(18-10-20)7-17-16(21)19-12-6-11-4-3-5-14(22-2)15(11)23-9-12/h3-5,8,10,12H,6-7,9H2,1-2H3,(H2,17,19,21). The highest BCUT2D eigenvalue weighted by molar-refractivity contribution is 5.74. The second-order valence-electron chi connectivity index (χ2n) is 5.52. The monoisotopic (exact) mass is 316 g/mol. The van der Waals surface area contributed by atoms with E-state index in [1.54, 1.807) is 13.4 Å². The Kier molecular flexibility index (Phi) is 4.36. The van der Waals surface area contributed by atoms with Gasteiger partial charge in [-0.15, -0.1) is 0 Å². The van der Waals surface area contributed by atoms with E-state index in [1.807, 2.05) is 36.0 Å². The van der Waals surface area contributed by atoms with Crippen LogP contribution in [-0.2, 0) is 20.0 Å². The summed E-state index contributed by atoms with van der Waals surface area (Å²) in [6.45, 7) is 0.815. The number of para-hydroxylation sites is 1. The minimum Gasteiger partial charge on any atom is -0.493 e. The van der Waals surface area contributed by atoms with Gasteiger partial charge in [0.1, 0.15) is 6.61 Å². The lowest BCUT2D eigenvalue weighted by Crippen LogP contribution is -2.47. The molecule has 2 N–H and O–H groups in total. The number of carbonyl (C=O) groups excluding carboxylic acids is 1. The molecule has 1 aromatic carbocycles. The number of imidazole rings is 1. The van der Waals surface area contributed by atoms with Crippen molar-refractivity contribution in [1.82, 2.24) is 20.2 Å². The van der Waals surface area contributed by atoms with Crippen molar-refractivity contribution in [3.63, 3.8) is 0 Å². The van der Waals surface area contributed by atoms with Gasteiger partial charge in [-0.05, 0) is 12.5 Å². The molecule has 0 saturated carbocycles. The molecule has 2 heterocycles. The number of fused-ring (bicyclic) bond motifs is 1. The van der Waals surface area contributed by atoms with Gasteiger partial charge in [0.15, 0.2) is 11.5 Å². The Morgan fingerprint density at radius 3 is 3.13 bits per heavy atom. The second kappa shape index (κ2) is 6.60. The normalized spacial score (nSPS) is 16.2. The lowest BCUT2D eigenvalue weighted by atomic mass is 10.0. The van der Waals surface area contributed by atoms with Crippen molar-refractivity contribution in [3.05, 3.63) is 42.0 Å². The maximum Gasteiger partial charge on any atom is 0.315 e. The highest BCUT2D eigenvalue weighted by Crippen LogP contribution is 2.34. The molecule has 2 aromatic rings. The van der Waals surface area contributed by atoms with Gasteiger partial charge in [-0.2, -0.15) is 0 Å². The number of urea groups is 1. The molecule has 1 aromatic heterocycles. The predicted molar refractivity (Wildman–Crippen MR) is 84.6 cm³/mol.